The summed E-state index contributed by atoms with van der Waals surface area (Å²) in [7, 11) is 0. The van der Waals surface area contributed by atoms with Crippen LogP contribution < -0.4 is 4.74 Å². The van der Waals surface area contributed by atoms with Crippen molar-refractivity contribution in [2.24, 2.45) is 0 Å². The van der Waals surface area contributed by atoms with E-state index in [1.807, 2.05) is 18.7 Å². The van der Waals surface area contributed by atoms with Gasteiger partial charge in [0.1, 0.15) is 11.6 Å². The maximum Gasteiger partial charge on any atom is 0.317 e. The van der Waals surface area contributed by atoms with Gasteiger partial charge in [-0.1, -0.05) is 6.92 Å². The van der Waals surface area contributed by atoms with E-state index in [0.29, 0.717) is 18.9 Å². The van der Waals surface area contributed by atoms with Crippen LogP contribution in [0.5, 0.6) is 5.75 Å². The van der Waals surface area contributed by atoms with Crippen LogP contribution in [0.1, 0.15) is 26.7 Å². The molecule has 0 radical (unpaired) electrons. The Morgan fingerprint density at radius 2 is 2.05 bits per heavy atom. The van der Waals surface area contributed by atoms with E-state index in [4.69, 9.17) is 9.84 Å². The Hall–Kier alpha value is -1.62. The molecule has 0 aliphatic heterocycles. The third kappa shape index (κ3) is 6.02. The first-order valence-electron chi connectivity index (χ1n) is 6.87. The predicted octanol–water partition coefficient (Wildman–Crippen LogP) is 2.78. The number of carboxylic acids is 1. The molecule has 1 rings (SSSR count). The topological polar surface area (TPSA) is 49.8 Å². The van der Waals surface area contributed by atoms with E-state index in [1.54, 1.807) is 12.1 Å². The molecule has 1 aromatic carbocycles. The highest BCUT2D eigenvalue weighted by molar-refractivity contribution is 5.69. The highest BCUT2D eigenvalue weighted by Crippen LogP contribution is 2.11. The minimum Gasteiger partial charge on any atom is -0.494 e. The van der Waals surface area contributed by atoms with Gasteiger partial charge in [0.05, 0.1) is 13.2 Å². The summed E-state index contributed by atoms with van der Waals surface area (Å²) in [5.41, 5.74) is 0. The average Bonchev–Trinajstić information content (AvgIpc) is 2.43. The van der Waals surface area contributed by atoms with Crippen LogP contribution in [0.4, 0.5) is 4.39 Å². The smallest absolute Gasteiger partial charge is 0.317 e. The Morgan fingerprint density at radius 3 is 2.60 bits per heavy atom. The molecule has 112 valence electrons. The Balaban J connectivity index is 2.32. The second-order valence-electron chi connectivity index (χ2n) is 4.78. The van der Waals surface area contributed by atoms with E-state index in [1.165, 1.54) is 12.1 Å². The third-order valence-electron chi connectivity index (χ3n) is 3.22. The van der Waals surface area contributed by atoms with Crippen molar-refractivity contribution in [2.45, 2.75) is 32.7 Å². The molecule has 0 amide bonds. The van der Waals surface area contributed by atoms with Gasteiger partial charge in [-0.05, 0) is 44.0 Å². The van der Waals surface area contributed by atoms with E-state index >= 15 is 0 Å². The fraction of sp³-hybridized carbons (Fsp3) is 0.533. The van der Waals surface area contributed by atoms with Crippen molar-refractivity contribution < 1.29 is 19.0 Å². The van der Waals surface area contributed by atoms with Crippen molar-refractivity contribution in [2.75, 3.05) is 19.7 Å². The van der Waals surface area contributed by atoms with Crippen molar-refractivity contribution in [1.82, 2.24) is 4.90 Å². The number of rotatable bonds is 9. The summed E-state index contributed by atoms with van der Waals surface area (Å²) < 4.78 is 18.2. The minimum atomic E-state index is -0.815. The van der Waals surface area contributed by atoms with Crippen LogP contribution >= 0.6 is 0 Å². The maximum absolute atomic E-state index is 12.7. The van der Waals surface area contributed by atoms with Crippen LogP contribution in [-0.4, -0.2) is 41.7 Å². The normalized spacial score (nSPS) is 12.4. The summed E-state index contributed by atoms with van der Waals surface area (Å²) in [5, 5.41) is 8.88. The number of nitrogens with zero attached hydrogens (tertiary/aromatic N) is 1. The Labute approximate surface area is 119 Å². The van der Waals surface area contributed by atoms with E-state index in [0.717, 1.165) is 12.8 Å². The van der Waals surface area contributed by atoms with Gasteiger partial charge in [0.25, 0.3) is 0 Å². The van der Waals surface area contributed by atoms with Gasteiger partial charge in [0, 0.05) is 12.6 Å². The van der Waals surface area contributed by atoms with Gasteiger partial charge in [-0.25, -0.2) is 4.39 Å². The number of hydrogen-bond acceptors (Lipinski definition) is 3. The van der Waals surface area contributed by atoms with Crippen LogP contribution in [0, 0.1) is 5.82 Å². The number of aliphatic carboxylic acids is 1. The summed E-state index contributed by atoms with van der Waals surface area (Å²) in [6.07, 6.45) is 1.64. The number of carboxylic acid groups (broad SMARTS) is 1. The highest BCUT2D eigenvalue weighted by atomic mass is 19.1. The van der Waals surface area contributed by atoms with Gasteiger partial charge >= 0.3 is 5.97 Å². The molecule has 20 heavy (non-hydrogen) atoms. The number of carbonyl (C=O) groups is 1. The first-order chi connectivity index (χ1) is 9.52. The molecule has 0 saturated carbocycles. The molecule has 0 bridgehead atoms. The predicted molar refractivity (Wildman–Crippen MR) is 75.5 cm³/mol. The van der Waals surface area contributed by atoms with Gasteiger partial charge < -0.3 is 9.84 Å². The van der Waals surface area contributed by atoms with Crippen LogP contribution in [0.25, 0.3) is 0 Å². The zero-order valence-corrected chi connectivity index (χ0v) is 12.0. The summed E-state index contributed by atoms with van der Waals surface area (Å²) in [4.78, 5) is 12.7. The van der Waals surface area contributed by atoms with Crippen LogP contribution in [0.3, 0.4) is 0 Å². The third-order valence-corrected chi connectivity index (χ3v) is 3.22. The van der Waals surface area contributed by atoms with E-state index in [9.17, 15) is 9.18 Å². The Bertz CT molecular complexity index is 408. The van der Waals surface area contributed by atoms with Crippen molar-refractivity contribution in [3.63, 3.8) is 0 Å². The molecule has 0 spiro atoms. The molecule has 1 aromatic rings. The lowest BCUT2D eigenvalue weighted by Crippen LogP contribution is -2.38. The molecular formula is C15H22FNO3. The summed E-state index contributed by atoms with van der Waals surface area (Å²) in [5.74, 6) is -0.480. The van der Waals surface area contributed by atoms with Crippen LogP contribution in [0.2, 0.25) is 0 Å². The van der Waals surface area contributed by atoms with Gasteiger partial charge in [0.2, 0.25) is 0 Å². The zero-order valence-electron chi connectivity index (χ0n) is 12.0. The van der Waals surface area contributed by atoms with Gasteiger partial charge in [0.15, 0.2) is 0 Å². The quantitative estimate of drug-likeness (QED) is 0.708. The van der Waals surface area contributed by atoms with Gasteiger partial charge in [-0.3, -0.25) is 9.69 Å². The lowest BCUT2D eigenvalue weighted by Gasteiger charge is -2.26. The SMILES string of the molecule is CCC(C)N(CCCOc1ccc(F)cc1)CC(=O)O. The van der Waals surface area contributed by atoms with Crippen molar-refractivity contribution in [1.29, 1.82) is 0 Å². The van der Waals surface area contributed by atoms with E-state index in [-0.39, 0.29) is 18.4 Å². The molecule has 0 aliphatic rings. The first kappa shape index (κ1) is 16.4. The maximum atomic E-state index is 12.7. The Morgan fingerprint density at radius 1 is 1.40 bits per heavy atom. The molecule has 1 unspecified atom stereocenters. The zero-order chi connectivity index (χ0) is 15.0. The molecule has 0 heterocycles. The number of benzene rings is 1. The molecule has 0 aromatic heterocycles. The highest BCUT2D eigenvalue weighted by Gasteiger charge is 2.14. The number of ether oxygens (including phenoxy) is 1. The standard InChI is InChI=1S/C15H22FNO3/c1-3-12(2)17(11-15(18)19)9-4-10-20-14-7-5-13(16)6-8-14/h5-8,12H,3-4,9-11H2,1-2H3,(H,18,19). The largest absolute Gasteiger partial charge is 0.494 e. The second-order valence-corrected chi connectivity index (χ2v) is 4.78. The summed E-state index contributed by atoms with van der Waals surface area (Å²) in [6.45, 7) is 5.25. The molecule has 0 saturated heterocycles. The molecule has 1 atom stereocenters. The summed E-state index contributed by atoms with van der Waals surface area (Å²) >= 11 is 0. The van der Waals surface area contributed by atoms with Crippen molar-refractivity contribution in [3.05, 3.63) is 30.1 Å². The van der Waals surface area contributed by atoms with Crippen LogP contribution in [0.15, 0.2) is 24.3 Å². The van der Waals surface area contributed by atoms with E-state index < -0.39 is 5.97 Å². The average molecular weight is 283 g/mol. The lowest BCUT2D eigenvalue weighted by molar-refractivity contribution is -0.138. The summed E-state index contributed by atoms with van der Waals surface area (Å²) in [6, 6.07) is 6.10. The molecule has 0 fully saturated rings. The van der Waals surface area contributed by atoms with Crippen molar-refractivity contribution in [3.8, 4) is 5.75 Å². The van der Waals surface area contributed by atoms with Crippen molar-refractivity contribution >= 4 is 5.97 Å². The molecule has 4 nitrogen and oxygen atoms in total. The van der Waals surface area contributed by atoms with Crippen LogP contribution in [-0.2, 0) is 4.79 Å². The number of halogens is 1. The second kappa shape index (κ2) is 8.53. The van der Waals surface area contributed by atoms with Gasteiger partial charge in [-0.15, -0.1) is 0 Å². The lowest BCUT2D eigenvalue weighted by atomic mass is 10.2. The molecule has 1 N–H and O–H groups in total. The number of hydrogen-bond donors (Lipinski definition) is 1. The molecular weight excluding hydrogens is 261 g/mol. The van der Waals surface area contributed by atoms with E-state index in [2.05, 4.69) is 0 Å². The Kier molecular flexibility index (Phi) is 7.01. The molecule has 0 aliphatic carbocycles. The fourth-order valence-electron chi connectivity index (χ4n) is 1.88. The first-order valence-corrected chi connectivity index (χ1v) is 6.87. The minimum absolute atomic E-state index is 0.0472. The van der Waals surface area contributed by atoms with Gasteiger partial charge in [-0.2, -0.15) is 0 Å². The fourth-order valence-corrected chi connectivity index (χ4v) is 1.88. The monoisotopic (exact) mass is 283 g/mol. The molecule has 5 heteroatoms.